The molecule has 0 fully saturated rings. The zero-order valence-electron chi connectivity index (χ0n) is 14.7. The fourth-order valence-electron chi connectivity index (χ4n) is 1.90. The highest BCUT2D eigenvalue weighted by molar-refractivity contribution is 7.98. The second kappa shape index (κ2) is 13.5. The molecule has 0 aliphatic carbocycles. The molecular formula is C14H28N6O4S2. The molecule has 0 spiro atoms. The summed E-state index contributed by atoms with van der Waals surface area (Å²) < 4.78 is 0. The number of carboxylic acids is 1. The maximum Gasteiger partial charge on any atom is 0.326 e. The summed E-state index contributed by atoms with van der Waals surface area (Å²) in [6.07, 6.45) is 2.73. The molecular weight excluding hydrogens is 380 g/mol. The molecule has 0 aromatic heterocycles. The monoisotopic (exact) mass is 408 g/mol. The normalized spacial score (nSPS) is 14.0. The Hall–Kier alpha value is -1.66. The summed E-state index contributed by atoms with van der Waals surface area (Å²) in [6, 6.07) is -2.83. The SMILES string of the molecule is CSCC[C@H](NC(=O)[C@@H](N)CS)C(=O)N[C@@H](CCCN=C(N)N)C(=O)O. The van der Waals surface area contributed by atoms with Crippen molar-refractivity contribution in [1.82, 2.24) is 10.6 Å². The van der Waals surface area contributed by atoms with Crippen molar-refractivity contribution in [2.24, 2.45) is 22.2 Å². The van der Waals surface area contributed by atoms with Gasteiger partial charge < -0.3 is 32.9 Å². The molecule has 2 amide bonds. The number of thiol groups is 1. The van der Waals surface area contributed by atoms with Crippen LogP contribution in [0.3, 0.4) is 0 Å². The predicted octanol–water partition coefficient (Wildman–Crippen LogP) is -1.90. The number of amides is 2. The first kappa shape index (κ1) is 24.3. The fraction of sp³-hybridized carbons (Fsp3) is 0.714. The molecule has 0 saturated heterocycles. The van der Waals surface area contributed by atoms with Gasteiger partial charge in [-0.05, 0) is 31.3 Å². The molecule has 0 aromatic rings. The van der Waals surface area contributed by atoms with E-state index < -0.39 is 35.9 Å². The second-order valence-electron chi connectivity index (χ2n) is 5.48. The van der Waals surface area contributed by atoms with Crippen LogP contribution in [0.2, 0.25) is 0 Å². The van der Waals surface area contributed by atoms with Gasteiger partial charge in [-0.3, -0.25) is 14.6 Å². The number of carboxylic acid groups (broad SMARTS) is 1. The number of nitrogens with one attached hydrogen (secondary N) is 2. The van der Waals surface area contributed by atoms with Crippen LogP contribution in [-0.4, -0.2) is 71.3 Å². The number of carbonyl (C=O) groups excluding carboxylic acids is 2. The minimum atomic E-state index is -1.18. The van der Waals surface area contributed by atoms with E-state index in [2.05, 4.69) is 28.3 Å². The molecule has 10 nitrogen and oxygen atoms in total. The third-order valence-corrected chi connectivity index (χ3v) is 4.37. The largest absolute Gasteiger partial charge is 0.480 e. The number of aliphatic imine (C=N–C) groups is 1. The van der Waals surface area contributed by atoms with E-state index in [1.54, 1.807) is 0 Å². The van der Waals surface area contributed by atoms with Gasteiger partial charge in [0.1, 0.15) is 12.1 Å². The van der Waals surface area contributed by atoms with Crippen molar-refractivity contribution in [3.05, 3.63) is 0 Å². The van der Waals surface area contributed by atoms with E-state index in [-0.39, 0.29) is 24.7 Å². The Morgan fingerprint density at radius 2 is 1.77 bits per heavy atom. The maximum atomic E-state index is 12.4. The molecule has 0 rings (SSSR count). The van der Waals surface area contributed by atoms with Crippen LogP contribution in [0.15, 0.2) is 4.99 Å². The lowest BCUT2D eigenvalue weighted by molar-refractivity contribution is -0.142. The first-order chi connectivity index (χ1) is 12.2. The number of nitrogens with zero attached hydrogens (tertiary/aromatic N) is 1. The third kappa shape index (κ3) is 10.4. The van der Waals surface area contributed by atoms with Crippen LogP contribution < -0.4 is 27.8 Å². The number of guanidine groups is 1. The summed E-state index contributed by atoms with van der Waals surface area (Å²) >= 11 is 5.45. The lowest BCUT2D eigenvalue weighted by atomic mass is 10.1. The Labute approximate surface area is 162 Å². The van der Waals surface area contributed by atoms with Gasteiger partial charge in [0.05, 0.1) is 6.04 Å². The standard InChI is InChI=1S/C14H28N6O4S2/c1-26-6-4-9(19-11(21)8(15)7-25)12(22)20-10(13(23)24)3-2-5-18-14(16)17/h8-10,25H,2-7,15H2,1H3,(H,19,21)(H,20,22)(H,23,24)(H4,16,17,18)/t8-,9-,10-/m0/s1. The van der Waals surface area contributed by atoms with Crippen LogP contribution in [0.1, 0.15) is 19.3 Å². The van der Waals surface area contributed by atoms with Gasteiger partial charge in [-0.25, -0.2) is 4.79 Å². The molecule has 12 heteroatoms. The van der Waals surface area contributed by atoms with E-state index in [1.165, 1.54) is 11.8 Å². The quantitative estimate of drug-likeness (QED) is 0.0797. The topological polar surface area (TPSA) is 186 Å². The van der Waals surface area contributed by atoms with E-state index >= 15 is 0 Å². The van der Waals surface area contributed by atoms with Crippen LogP contribution in [-0.2, 0) is 14.4 Å². The second-order valence-corrected chi connectivity index (χ2v) is 6.83. The summed E-state index contributed by atoms with van der Waals surface area (Å²) in [5.74, 6) is -1.61. The molecule has 26 heavy (non-hydrogen) atoms. The van der Waals surface area contributed by atoms with Crippen LogP contribution in [0.5, 0.6) is 0 Å². The van der Waals surface area contributed by atoms with Gasteiger partial charge in [0.25, 0.3) is 0 Å². The number of rotatable bonds is 13. The van der Waals surface area contributed by atoms with Crippen molar-refractivity contribution in [2.45, 2.75) is 37.4 Å². The number of nitrogens with two attached hydrogens (primary N) is 3. The van der Waals surface area contributed by atoms with E-state index in [4.69, 9.17) is 17.2 Å². The van der Waals surface area contributed by atoms with Gasteiger partial charge in [0.2, 0.25) is 11.8 Å². The van der Waals surface area contributed by atoms with Crippen LogP contribution in [0.25, 0.3) is 0 Å². The third-order valence-electron chi connectivity index (χ3n) is 3.34. The van der Waals surface area contributed by atoms with Gasteiger partial charge >= 0.3 is 5.97 Å². The Bertz CT molecular complexity index is 502. The minimum Gasteiger partial charge on any atom is -0.480 e. The first-order valence-electron chi connectivity index (χ1n) is 7.97. The minimum absolute atomic E-state index is 0.0821. The summed E-state index contributed by atoms with van der Waals surface area (Å²) in [5.41, 5.74) is 16.0. The molecule has 0 aliphatic heterocycles. The predicted molar refractivity (Wildman–Crippen MR) is 106 cm³/mol. The number of aliphatic carboxylic acids is 1. The summed E-state index contributed by atoms with van der Waals surface area (Å²) in [6.45, 7) is 0.255. The van der Waals surface area contributed by atoms with E-state index in [1.807, 2.05) is 6.26 Å². The Kier molecular flexibility index (Phi) is 12.7. The van der Waals surface area contributed by atoms with E-state index in [9.17, 15) is 19.5 Å². The molecule has 9 N–H and O–H groups in total. The number of thioether (sulfide) groups is 1. The molecule has 0 unspecified atom stereocenters. The van der Waals surface area contributed by atoms with Gasteiger partial charge in [0.15, 0.2) is 5.96 Å². The number of carbonyl (C=O) groups is 3. The van der Waals surface area contributed by atoms with Crippen LogP contribution >= 0.6 is 24.4 Å². The van der Waals surface area contributed by atoms with Crippen LogP contribution in [0, 0.1) is 0 Å². The molecule has 0 radical (unpaired) electrons. The molecule has 0 heterocycles. The lowest BCUT2D eigenvalue weighted by Crippen LogP contribution is -2.55. The molecule has 0 bridgehead atoms. The van der Waals surface area contributed by atoms with Crippen molar-refractivity contribution in [2.75, 3.05) is 24.3 Å². The van der Waals surface area contributed by atoms with Crippen molar-refractivity contribution in [1.29, 1.82) is 0 Å². The van der Waals surface area contributed by atoms with Crippen molar-refractivity contribution in [3.63, 3.8) is 0 Å². The van der Waals surface area contributed by atoms with Crippen LogP contribution in [0.4, 0.5) is 0 Å². The lowest BCUT2D eigenvalue weighted by Gasteiger charge is -2.22. The zero-order valence-corrected chi connectivity index (χ0v) is 16.4. The highest BCUT2D eigenvalue weighted by Crippen LogP contribution is 2.05. The molecule has 0 aromatic carbocycles. The first-order valence-corrected chi connectivity index (χ1v) is 9.99. The molecule has 0 aliphatic rings. The van der Waals surface area contributed by atoms with Crippen molar-refractivity contribution in [3.8, 4) is 0 Å². The number of hydrogen-bond donors (Lipinski definition) is 7. The van der Waals surface area contributed by atoms with Crippen molar-refractivity contribution < 1.29 is 19.5 Å². The van der Waals surface area contributed by atoms with Gasteiger partial charge in [-0.1, -0.05) is 0 Å². The Balaban J connectivity index is 4.84. The highest BCUT2D eigenvalue weighted by Gasteiger charge is 2.27. The van der Waals surface area contributed by atoms with Gasteiger partial charge in [0, 0.05) is 12.3 Å². The summed E-state index contributed by atoms with van der Waals surface area (Å²) in [5, 5.41) is 14.3. The molecule has 3 atom stereocenters. The van der Waals surface area contributed by atoms with E-state index in [0.717, 1.165) is 0 Å². The Morgan fingerprint density at radius 1 is 1.15 bits per heavy atom. The number of hydrogen-bond acceptors (Lipinski definition) is 7. The Morgan fingerprint density at radius 3 is 2.27 bits per heavy atom. The smallest absolute Gasteiger partial charge is 0.326 e. The maximum absolute atomic E-state index is 12.4. The molecule has 150 valence electrons. The fourth-order valence-corrected chi connectivity index (χ4v) is 2.54. The summed E-state index contributed by atoms with van der Waals surface area (Å²) in [7, 11) is 0. The van der Waals surface area contributed by atoms with E-state index in [0.29, 0.717) is 18.6 Å². The van der Waals surface area contributed by atoms with Crippen molar-refractivity contribution >= 4 is 48.1 Å². The average molecular weight is 409 g/mol. The highest BCUT2D eigenvalue weighted by atomic mass is 32.2. The van der Waals surface area contributed by atoms with Gasteiger partial charge in [-0.2, -0.15) is 24.4 Å². The van der Waals surface area contributed by atoms with Gasteiger partial charge in [-0.15, -0.1) is 0 Å². The summed E-state index contributed by atoms with van der Waals surface area (Å²) in [4.78, 5) is 39.5. The average Bonchev–Trinajstić information content (AvgIpc) is 2.59. The molecule has 0 saturated carbocycles. The zero-order chi connectivity index (χ0) is 20.1.